The van der Waals surface area contributed by atoms with Crippen LogP contribution in [-0.4, -0.2) is 24.5 Å². The van der Waals surface area contributed by atoms with Gasteiger partial charge in [-0.3, -0.25) is 4.79 Å². The van der Waals surface area contributed by atoms with Crippen LogP contribution in [0.2, 0.25) is 0 Å². The Morgan fingerprint density at radius 2 is 2.29 bits per heavy atom. The van der Waals surface area contributed by atoms with Crippen LogP contribution in [0.25, 0.3) is 0 Å². The summed E-state index contributed by atoms with van der Waals surface area (Å²) in [7, 11) is 0. The lowest BCUT2D eigenvalue weighted by molar-refractivity contribution is -0.148. The van der Waals surface area contributed by atoms with E-state index < -0.39 is 17.9 Å². The first-order valence-corrected chi connectivity index (χ1v) is 6.25. The highest BCUT2D eigenvalue weighted by molar-refractivity contribution is 7.07. The minimum Gasteiger partial charge on any atom is -0.464 e. The fourth-order valence-corrected chi connectivity index (χ4v) is 2.00. The summed E-state index contributed by atoms with van der Waals surface area (Å²) in [6, 6.07) is 0.469. The number of thiophene rings is 1. The van der Waals surface area contributed by atoms with Gasteiger partial charge in [-0.05, 0) is 36.2 Å². The van der Waals surface area contributed by atoms with Crippen molar-refractivity contribution in [3.8, 4) is 0 Å². The Morgan fingerprint density at radius 1 is 1.59 bits per heavy atom. The lowest BCUT2D eigenvalue weighted by Gasteiger charge is -2.15. The summed E-state index contributed by atoms with van der Waals surface area (Å²) < 4.78 is 4.67. The Kier molecular flexibility index (Phi) is 5.11. The molecule has 6 heteroatoms. The highest BCUT2D eigenvalue weighted by Gasteiger charge is 2.24. The van der Waals surface area contributed by atoms with E-state index in [1.807, 2.05) is 23.8 Å². The predicted octanol–water partition coefficient (Wildman–Crippen LogP) is 0.816. The number of ether oxygens (including phenoxy) is 1. The van der Waals surface area contributed by atoms with Gasteiger partial charge in [-0.25, -0.2) is 4.79 Å². The molecule has 1 aromatic rings. The van der Waals surface area contributed by atoms with E-state index in [1.54, 1.807) is 18.3 Å². The third-order valence-corrected chi connectivity index (χ3v) is 2.93. The Labute approximate surface area is 104 Å². The van der Waals surface area contributed by atoms with Crippen molar-refractivity contribution in [2.45, 2.75) is 25.9 Å². The average Bonchev–Trinajstić information content (AvgIpc) is 2.81. The number of amides is 1. The molecule has 0 fully saturated rings. The molecule has 1 rings (SSSR count). The van der Waals surface area contributed by atoms with Crippen molar-refractivity contribution in [2.75, 3.05) is 6.61 Å². The maximum atomic E-state index is 11.6. The molecule has 1 amide bonds. The van der Waals surface area contributed by atoms with E-state index in [4.69, 9.17) is 5.73 Å². The predicted molar refractivity (Wildman–Crippen MR) is 65.5 cm³/mol. The van der Waals surface area contributed by atoms with Gasteiger partial charge in [-0.2, -0.15) is 11.3 Å². The number of rotatable bonds is 5. The van der Waals surface area contributed by atoms with E-state index in [0.29, 0.717) is 0 Å². The zero-order valence-electron chi connectivity index (χ0n) is 9.80. The van der Waals surface area contributed by atoms with Crippen LogP contribution in [0, 0.1) is 0 Å². The van der Waals surface area contributed by atoms with Crippen LogP contribution in [0.3, 0.4) is 0 Å². The molecule has 0 bridgehead atoms. The zero-order valence-corrected chi connectivity index (χ0v) is 10.6. The summed E-state index contributed by atoms with van der Waals surface area (Å²) in [4.78, 5) is 22.9. The van der Waals surface area contributed by atoms with E-state index in [1.165, 1.54) is 0 Å². The molecule has 2 unspecified atom stereocenters. The molecule has 2 atom stereocenters. The van der Waals surface area contributed by atoms with E-state index >= 15 is 0 Å². The first kappa shape index (κ1) is 13.7. The number of esters is 1. The summed E-state index contributed by atoms with van der Waals surface area (Å²) >= 11 is 1.54. The molecule has 0 saturated carbocycles. The number of nitrogens with one attached hydrogen (secondary N) is 1. The van der Waals surface area contributed by atoms with Crippen LogP contribution in [0.1, 0.15) is 25.5 Å². The molecule has 0 aromatic carbocycles. The summed E-state index contributed by atoms with van der Waals surface area (Å²) in [5.74, 6) is -1.23. The number of hydrogen-bond acceptors (Lipinski definition) is 5. The molecular weight excluding hydrogens is 240 g/mol. The van der Waals surface area contributed by atoms with Crippen molar-refractivity contribution in [3.05, 3.63) is 22.4 Å². The van der Waals surface area contributed by atoms with Crippen LogP contribution in [-0.2, 0) is 14.3 Å². The quantitative estimate of drug-likeness (QED) is 0.603. The van der Waals surface area contributed by atoms with Crippen LogP contribution >= 0.6 is 11.3 Å². The van der Waals surface area contributed by atoms with Crippen molar-refractivity contribution < 1.29 is 14.3 Å². The molecule has 0 aliphatic heterocycles. The number of nitrogens with two attached hydrogens (primary N) is 1. The molecule has 0 radical (unpaired) electrons. The molecule has 1 heterocycles. The molecule has 94 valence electrons. The van der Waals surface area contributed by atoms with E-state index in [9.17, 15) is 9.59 Å². The van der Waals surface area contributed by atoms with E-state index in [-0.39, 0.29) is 12.6 Å². The Hall–Kier alpha value is -1.40. The number of carbonyl (C=O) groups excluding carboxylic acids is 2. The molecule has 5 nitrogen and oxygen atoms in total. The van der Waals surface area contributed by atoms with Crippen LogP contribution < -0.4 is 11.1 Å². The Bertz CT molecular complexity index is 378. The second-order valence-corrected chi connectivity index (χ2v) is 4.30. The summed E-state index contributed by atoms with van der Waals surface area (Å²) in [6.07, 6.45) is 0. The smallest absolute Gasteiger partial charge is 0.332 e. The monoisotopic (exact) mass is 256 g/mol. The van der Waals surface area contributed by atoms with Gasteiger partial charge >= 0.3 is 5.97 Å². The van der Waals surface area contributed by atoms with Gasteiger partial charge < -0.3 is 15.8 Å². The SMILES string of the molecule is CCOC(=O)C(N)C(=O)NC(C)c1ccsc1. The van der Waals surface area contributed by atoms with Gasteiger partial charge in [0, 0.05) is 0 Å². The largest absolute Gasteiger partial charge is 0.464 e. The maximum Gasteiger partial charge on any atom is 0.332 e. The number of hydrogen-bond donors (Lipinski definition) is 2. The molecule has 1 aromatic heterocycles. The normalized spacial score (nSPS) is 13.8. The van der Waals surface area contributed by atoms with Crippen LogP contribution in [0.5, 0.6) is 0 Å². The molecule has 0 aliphatic rings. The molecule has 0 spiro atoms. The second-order valence-electron chi connectivity index (χ2n) is 3.52. The highest BCUT2D eigenvalue weighted by Crippen LogP contribution is 2.15. The van der Waals surface area contributed by atoms with Crippen molar-refractivity contribution >= 4 is 23.2 Å². The van der Waals surface area contributed by atoms with Gasteiger partial charge in [0.1, 0.15) is 0 Å². The van der Waals surface area contributed by atoms with Crippen molar-refractivity contribution in [1.29, 1.82) is 0 Å². The summed E-state index contributed by atoms with van der Waals surface area (Å²) in [6.45, 7) is 3.70. The molecular formula is C11H16N2O3S. The van der Waals surface area contributed by atoms with Crippen molar-refractivity contribution in [2.24, 2.45) is 5.73 Å². The fourth-order valence-electron chi connectivity index (χ4n) is 1.25. The van der Waals surface area contributed by atoms with Gasteiger partial charge in [0.2, 0.25) is 5.91 Å². The van der Waals surface area contributed by atoms with Gasteiger partial charge in [-0.15, -0.1) is 0 Å². The first-order chi connectivity index (χ1) is 8.06. The third-order valence-electron chi connectivity index (χ3n) is 2.22. The minimum atomic E-state index is -1.27. The minimum absolute atomic E-state index is 0.172. The van der Waals surface area contributed by atoms with Crippen molar-refractivity contribution in [3.63, 3.8) is 0 Å². The lowest BCUT2D eigenvalue weighted by atomic mass is 10.1. The average molecular weight is 256 g/mol. The lowest BCUT2D eigenvalue weighted by Crippen LogP contribution is -2.47. The Morgan fingerprint density at radius 3 is 2.82 bits per heavy atom. The third kappa shape index (κ3) is 3.83. The molecule has 0 aliphatic carbocycles. The summed E-state index contributed by atoms with van der Waals surface area (Å²) in [5, 5.41) is 6.51. The standard InChI is InChI=1S/C11H16N2O3S/c1-3-16-11(15)9(12)10(14)13-7(2)8-4-5-17-6-8/h4-7,9H,3,12H2,1-2H3,(H,13,14). The van der Waals surface area contributed by atoms with Gasteiger partial charge in [0.15, 0.2) is 6.04 Å². The highest BCUT2D eigenvalue weighted by atomic mass is 32.1. The second kappa shape index (κ2) is 6.36. The van der Waals surface area contributed by atoms with Gasteiger partial charge in [0.25, 0.3) is 0 Å². The van der Waals surface area contributed by atoms with Gasteiger partial charge in [0.05, 0.1) is 12.6 Å². The number of carbonyl (C=O) groups is 2. The van der Waals surface area contributed by atoms with Crippen LogP contribution in [0.4, 0.5) is 0 Å². The molecule has 0 saturated heterocycles. The summed E-state index contributed by atoms with van der Waals surface area (Å²) in [5.41, 5.74) is 6.45. The topological polar surface area (TPSA) is 81.4 Å². The Balaban J connectivity index is 2.51. The van der Waals surface area contributed by atoms with E-state index in [2.05, 4.69) is 10.1 Å². The van der Waals surface area contributed by atoms with Gasteiger partial charge in [-0.1, -0.05) is 0 Å². The first-order valence-electron chi connectivity index (χ1n) is 5.31. The van der Waals surface area contributed by atoms with Crippen molar-refractivity contribution in [1.82, 2.24) is 5.32 Å². The van der Waals surface area contributed by atoms with E-state index in [0.717, 1.165) is 5.56 Å². The molecule has 3 N–H and O–H groups in total. The fraction of sp³-hybridized carbons (Fsp3) is 0.455. The zero-order chi connectivity index (χ0) is 12.8. The maximum absolute atomic E-state index is 11.6. The molecule has 17 heavy (non-hydrogen) atoms. The van der Waals surface area contributed by atoms with Crippen LogP contribution in [0.15, 0.2) is 16.8 Å².